The van der Waals surface area contributed by atoms with E-state index in [1.165, 1.54) is 50.5 Å². The van der Waals surface area contributed by atoms with Crippen LogP contribution in [-0.2, 0) is 19.1 Å². The molecule has 5 saturated carbocycles. The summed E-state index contributed by atoms with van der Waals surface area (Å²) in [6.45, 7) is 23.6. The highest BCUT2D eigenvalue weighted by Gasteiger charge is 2.70. The third-order valence-corrected chi connectivity index (χ3v) is 17.3. The number of fused-ring (bicyclic) bond motifs is 7. The molecule has 6 aliphatic carbocycles. The first kappa shape index (κ1) is 39.9. The van der Waals surface area contributed by atoms with E-state index < -0.39 is 11.4 Å². The highest BCUT2D eigenvalue weighted by molar-refractivity contribution is 6.00. The third-order valence-electron chi connectivity index (χ3n) is 17.3. The summed E-state index contributed by atoms with van der Waals surface area (Å²) < 4.78 is 6.20. The molecule has 294 valence electrons. The number of allylic oxidation sites excluding steroid dienone is 2. The Labute approximate surface area is 316 Å². The number of rotatable bonds is 12. The van der Waals surface area contributed by atoms with Crippen LogP contribution in [0.3, 0.4) is 0 Å². The molecule has 0 aromatic rings. The van der Waals surface area contributed by atoms with Gasteiger partial charge in [-0.05, 0) is 151 Å². The van der Waals surface area contributed by atoms with Gasteiger partial charge >= 0.3 is 11.9 Å². The van der Waals surface area contributed by atoms with Crippen molar-refractivity contribution in [1.29, 1.82) is 0 Å². The summed E-state index contributed by atoms with van der Waals surface area (Å²) in [5.41, 5.74) is 1.94. The molecule has 6 aliphatic rings. The van der Waals surface area contributed by atoms with Crippen LogP contribution in [0.1, 0.15) is 152 Å². The van der Waals surface area contributed by atoms with Gasteiger partial charge in [-0.1, -0.05) is 60.5 Å². The summed E-state index contributed by atoms with van der Waals surface area (Å²) in [4.78, 5) is 44.2. The zero-order valence-electron chi connectivity index (χ0n) is 35.0. The molecule has 7 heteroatoms. The van der Waals surface area contributed by atoms with E-state index >= 15 is 0 Å². The summed E-state index contributed by atoms with van der Waals surface area (Å²) in [5.74, 6) is 0.830. The maximum absolute atomic E-state index is 14.2. The van der Waals surface area contributed by atoms with Gasteiger partial charge in [-0.3, -0.25) is 19.3 Å². The molecule has 0 bridgehead atoms. The molecule has 0 aromatic heterocycles. The normalized spacial score (nSPS) is 38.8. The van der Waals surface area contributed by atoms with Crippen molar-refractivity contribution in [2.24, 2.45) is 56.2 Å². The van der Waals surface area contributed by atoms with Gasteiger partial charge < -0.3 is 14.7 Å². The van der Waals surface area contributed by atoms with E-state index in [4.69, 9.17) is 4.74 Å². The van der Waals surface area contributed by atoms with Gasteiger partial charge in [0.15, 0.2) is 5.78 Å². The molecule has 1 N–H and O–H groups in total. The number of likely N-dealkylation sites (N-methyl/N-ethyl adjacent to an activating group) is 1. The Balaban J connectivity index is 1.26. The zero-order chi connectivity index (χ0) is 38.2. The second-order valence-electron chi connectivity index (χ2n) is 21.4. The lowest BCUT2D eigenvalue weighted by Gasteiger charge is -2.72. The Kier molecular flexibility index (Phi) is 10.6. The highest BCUT2D eigenvalue weighted by atomic mass is 16.5. The first-order valence-electron chi connectivity index (χ1n) is 21.2. The van der Waals surface area contributed by atoms with Crippen LogP contribution in [0.5, 0.6) is 0 Å². The van der Waals surface area contributed by atoms with Crippen LogP contribution in [0.2, 0.25) is 0 Å². The summed E-state index contributed by atoms with van der Waals surface area (Å²) in [5, 5.41) is 9.63. The minimum absolute atomic E-state index is 0.0183. The topological polar surface area (TPSA) is 87.2 Å². The summed E-state index contributed by atoms with van der Waals surface area (Å²) in [6.07, 6.45) is 14.4. The summed E-state index contributed by atoms with van der Waals surface area (Å²) >= 11 is 0. The molecule has 7 nitrogen and oxygen atoms in total. The van der Waals surface area contributed by atoms with E-state index in [2.05, 4.69) is 72.4 Å². The lowest BCUT2D eigenvalue weighted by atomic mass is 9.33. The van der Waals surface area contributed by atoms with Crippen LogP contribution >= 0.6 is 0 Å². The monoisotopic (exact) mass is 723 g/mol. The lowest BCUT2D eigenvalue weighted by molar-refractivity contribution is -0.233. The molecular weight excluding hydrogens is 649 g/mol. The molecule has 0 saturated heterocycles. The van der Waals surface area contributed by atoms with Gasteiger partial charge in [-0.25, -0.2) is 0 Å². The molecule has 0 amide bonds. The number of hydrogen-bond donors (Lipinski definition) is 1. The maximum atomic E-state index is 14.2. The molecule has 8 atom stereocenters. The van der Waals surface area contributed by atoms with E-state index in [-0.39, 0.29) is 51.5 Å². The van der Waals surface area contributed by atoms with Gasteiger partial charge in [0.1, 0.15) is 6.10 Å². The number of carbonyl (C=O) groups excluding carboxylic acids is 2. The second-order valence-corrected chi connectivity index (χ2v) is 21.4. The first-order valence-corrected chi connectivity index (χ1v) is 21.2. The predicted molar refractivity (Wildman–Crippen MR) is 208 cm³/mol. The summed E-state index contributed by atoms with van der Waals surface area (Å²) in [7, 11) is 4.37. The molecule has 6 rings (SSSR count). The number of ketones is 1. The zero-order valence-corrected chi connectivity index (χ0v) is 35.0. The number of Topliss-reactive ketones (excluding diaryl/α,β-unsaturated/α-hetero) is 1. The minimum atomic E-state index is -1.14. The molecule has 5 fully saturated rings. The number of carboxylic acid groups (broad SMARTS) is 1. The predicted octanol–water partition coefficient (Wildman–Crippen LogP) is 9.19. The number of aliphatic carboxylic acids is 1. The molecule has 0 aliphatic heterocycles. The van der Waals surface area contributed by atoms with E-state index in [0.29, 0.717) is 29.6 Å². The van der Waals surface area contributed by atoms with Crippen LogP contribution in [0.15, 0.2) is 11.1 Å². The molecule has 8 unspecified atom stereocenters. The molecule has 0 spiro atoms. The number of ether oxygens (including phenoxy) is 1. The van der Waals surface area contributed by atoms with Crippen molar-refractivity contribution in [1.82, 2.24) is 9.80 Å². The van der Waals surface area contributed by atoms with Crippen LogP contribution < -0.4 is 0 Å². The molecular formula is C45H74N2O5. The van der Waals surface area contributed by atoms with E-state index in [1.807, 2.05) is 0 Å². The van der Waals surface area contributed by atoms with E-state index in [9.17, 15) is 19.5 Å². The van der Waals surface area contributed by atoms with Gasteiger partial charge in [0.05, 0.1) is 11.8 Å². The van der Waals surface area contributed by atoms with Crippen LogP contribution in [0.25, 0.3) is 0 Å². The Morgan fingerprint density at radius 2 is 1.56 bits per heavy atom. The van der Waals surface area contributed by atoms with Crippen molar-refractivity contribution >= 4 is 17.7 Å². The fourth-order valence-electron chi connectivity index (χ4n) is 13.8. The van der Waals surface area contributed by atoms with Gasteiger partial charge in [-0.15, -0.1) is 0 Å². The van der Waals surface area contributed by atoms with Crippen LogP contribution in [0, 0.1) is 56.2 Å². The number of nitrogens with zero attached hydrogens (tertiary/aromatic N) is 2. The second kappa shape index (κ2) is 13.8. The van der Waals surface area contributed by atoms with Crippen molar-refractivity contribution in [3.05, 3.63) is 11.1 Å². The Hall–Kier alpha value is -1.73. The standard InChI is InChI=1S/C45H74N2O5/c1-29(2)37-32(48)27-45(23-24-47(26-25-46(10)11)30-13-12-14-30)22-21-43(8)31(38(37)45)15-16-34-42(7)19-18-35(52-36(49)28-40(3,4)39(50)51)41(5,6)33(42)17-20-44(34,43)9/h29-31,33-35H,12-28H2,1-11H3,(H,50,51). The van der Waals surface area contributed by atoms with E-state index in [0.717, 1.165) is 58.2 Å². The average molecular weight is 723 g/mol. The van der Waals surface area contributed by atoms with E-state index in [1.54, 1.807) is 19.4 Å². The van der Waals surface area contributed by atoms with Crippen molar-refractivity contribution in [3.8, 4) is 0 Å². The highest BCUT2D eigenvalue weighted by Crippen LogP contribution is 2.77. The smallest absolute Gasteiger partial charge is 0.309 e. The minimum Gasteiger partial charge on any atom is -0.481 e. The maximum Gasteiger partial charge on any atom is 0.309 e. The van der Waals surface area contributed by atoms with Crippen LogP contribution in [0.4, 0.5) is 0 Å². The van der Waals surface area contributed by atoms with Crippen molar-refractivity contribution in [2.75, 3.05) is 33.7 Å². The Morgan fingerprint density at radius 3 is 2.15 bits per heavy atom. The number of carbonyl (C=O) groups is 3. The van der Waals surface area contributed by atoms with Gasteiger partial charge in [0.25, 0.3) is 0 Å². The van der Waals surface area contributed by atoms with Gasteiger partial charge in [-0.2, -0.15) is 0 Å². The van der Waals surface area contributed by atoms with Gasteiger partial charge in [0, 0.05) is 36.4 Å². The Morgan fingerprint density at radius 1 is 0.865 bits per heavy atom. The number of carboxylic acids is 1. The average Bonchev–Trinajstić information content (AvgIpc) is 3.31. The first-order chi connectivity index (χ1) is 24.1. The number of hydrogen-bond acceptors (Lipinski definition) is 6. The molecule has 0 heterocycles. The lowest BCUT2D eigenvalue weighted by Crippen LogP contribution is -2.65. The SMILES string of the molecule is CC(C)C1=C2C3CCC4C5(C)CCC(OC(=O)CC(C)(C)C(=O)O)C(C)(C)C5CCC4(C)C3(C)CCC2(CCN(CCN(C)C)C2CCC2)CC1=O. The Bertz CT molecular complexity index is 1440. The van der Waals surface area contributed by atoms with Gasteiger partial charge in [0.2, 0.25) is 0 Å². The fraction of sp³-hybridized carbons (Fsp3) is 0.889. The fourth-order valence-corrected chi connectivity index (χ4v) is 13.8. The number of esters is 1. The molecule has 0 radical (unpaired) electrons. The quantitative estimate of drug-likeness (QED) is 0.201. The van der Waals surface area contributed by atoms with Crippen molar-refractivity contribution in [3.63, 3.8) is 0 Å². The largest absolute Gasteiger partial charge is 0.481 e. The van der Waals surface area contributed by atoms with Crippen molar-refractivity contribution in [2.45, 2.75) is 164 Å². The molecule has 52 heavy (non-hydrogen) atoms. The van der Waals surface area contributed by atoms with Crippen molar-refractivity contribution < 1.29 is 24.2 Å². The summed E-state index contributed by atoms with van der Waals surface area (Å²) in [6, 6.07) is 0.712. The van der Waals surface area contributed by atoms with Crippen LogP contribution in [-0.4, -0.2) is 78.5 Å². The third kappa shape index (κ3) is 6.36. The molecule has 0 aromatic carbocycles.